The maximum Gasteiger partial charge on any atom is 0.128 e. The van der Waals surface area contributed by atoms with Crippen molar-refractivity contribution in [2.45, 2.75) is 5.54 Å². The molecule has 1 aromatic rings. The minimum Gasteiger partial charge on any atom is -0.399 e. The molecule has 2 saturated heterocycles. The molecule has 0 radical (unpaired) electrons. The summed E-state index contributed by atoms with van der Waals surface area (Å²) in [5.41, 5.74) is 9.11. The molecule has 0 saturated carbocycles. The Morgan fingerprint density at radius 2 is 2.31 bits per heavy atom. The van der Waals surface area contributed by atoms with Crippen LogP contribution in [0.3, 0.4) is 0 Å². The number of nitrogen functional groups attached to an aromatic ring is 1. The minimum atomic E-state index is -0.570. The third-order valence-electron chi connectivity index (χ3n) is 3.36. The van der Waals surface area contributed by atoms with Gasteiger partial charge in [-0.25, -0.2) is 4.39 Å². The van der Waals surface area contributed by atoms with Crippen LogP contribution < -0.4 is 11.2 Å². The van der Waals surface area contributed by atoms with Gasteiger partial charge in [0, 0.05) is 17.2 Å². The van der Waals surface area contributed by atoms with Crippen molar-refractivity contribution in [1.82, 2.24) is 5.48 Å². The lowest BCUT2D eigenvalue weighted by Crippen LogP contribution is -2.42. The van der Waals surface area contributed by atoms with Crippen molar-refractivity contribution >= 4 is 5.69 Å². The van der Waals surface area contributed by atoms with E-state index >= 15 is 0 Å². The zero-order valence-electron chi connectivity index (χ0n) is 8.70. The number of rotatable bonds is 1. The maximum atomic E-state index is 13.8. The van der Waals surface area contributed by atoms with Crippen molar-refractivity contribution in [3.05, 3.63) is 29.6 Å². The second-order valence-corrected chi connectivity index (χ2v) is 4.34. The largest absolute Gasteiger partial charge is 0.399 e. The molecule has 2 heterocycles. The Hall–Kier alpha value is -1.17. The highest BCUT2D eigenvalue weighted by molar-refractivity contribution is 5.45. The number of benzene rings is 1. The Bertz CT molecular complexity index is 414. The van der Waals surface area contributed by atoms with Crippen LogP contribution in [0.4, 0.5) is 10.1 Å². The number of nitrogens with two attached hydrogens (primary N) is 1. The second-order valence-electron chi connectivity index (χ2n) is 4.34. The normalized spacial score (nSPS) is 32.9. The van der Waals surface area contributed by atoms with Crippen LogP contribution in [-0.2, 0) is 15.1 Å². The van der Waals surface area contributed by atoms with Gasteiger partial charge in [-0.3, -0.25) is 0 Å². The number of hydroxylamine groups is 1. The molecule has 86 valence electrons. The molecule has 2 aliphatic rings. The smallest absolute Gasteiger partial charge is 0.128 e. The highest BCUT2D eigenvalue weighted by Crippen LogP contribution is 2.40. The van der Waals surface area contributed by atoms with Gasteiger partial charge in [-0.2, -0.15) is 5.48 Å². The molecule has 0 aromatic heterocycles. The molecule has 1 aromatic carbocycles. The second kappa shape index (κ2) is 3.41. The van der Waals surface area contributed by atoms with Crippen molar-refractivity contribution < 1.29 is 14.0 Å². The lowest BCUT2D eigenvalue weighted by Gasteiger charge is -2.26. The van der Waals surface area contributed by atoms with E-state index in [-0.39, 0.29) is 11.7 Å². The highest BCUT2D eigenvalue weighted by Gasteiger charge is 2.51. The molecule has 2 atom stereocenters. The van der Waals surface area contributed by atoms with Crippen LogP contribution >= 0.6 is 0 Å². The molecule has 0 unspecified atom stereocenters. The van der Waals surface area contributed by atoms with E-state index in [1.54, 1.807) is 12.1 Å². The highest BCUT2D eigenvalue weighted by atomic mass is 19.1. The van der Waals surface area contributed by atoms with Gasteiger partial charge in [-0.05, 0) is 18.2 Å². The molecule has 16 heavy (non-hydrogen) atoms. The minimum absolute atomic E-state index is 0.142. The van der Waals surface area contributed by atoms with Gasteiger partial charge in [0.2, 0.25) is 0 Å². The van der Waals surface area contributed by atoms with Crippen LogP contribution in [0.1, 0.15) is 5.56 Å². The third-order valence-corrected chi connectivity index (χ3v) is 3.36. The van der Waals surface area contributed by atoms with E-state index in [0.717, 1.165) is 0 Å². The quantitative estimate of drug-likeness (QED) is 0.692. The summed E-state index contributed by atoms with van der Waals surface area (Å²) in [6.07, 6.45) is 0. The van der Waals surface area contributed by atoms with Gasteiger partial charge in [0.25, 0.3) is 0 Å². The van der Waals surface area contributed by atoms with E-state index in [1.165, 1.54) is 6.07 Å². The van der Waals surface area contributed by atoms with Crippen LogP contribution in [0.25, 0.3) is 0 Å². The summed E-state index contributed by atoms with van der Waals surface area (Å²) in [4.78, 5) is 5.23. The van der Waals surface area contributed by atoms with E-state index in [0.29, 0.717) is 31.1 Å². The van der Waals surface area contributed by atoms with E-state index in [1.807, 2.05) is 0 Å². The average Bonchev–Trinajstić information content (AvgIpc) is 2.80. The predicted octanol–water partition coefficient (Wildman–Crippen LogP) is 0.784. The zero-order chi connectivity index (χ0) is 11.2. The van der Waals surface area contributed by atoms with Gasteiger partial charge in [0.15, 0.2) is 0 Å². The Balaban J connectivity index is 2.11. The Morgan fingerprint density at radius 1 is 1.44 bits per heavy atom. The molecule has 3 N–H and O–H groups in total. The van der Waals surface area contributed by atoms with Crippen molar-refractivity contribution in [3.63, 3.8) is 0 Å². The molecule has 0 aliphatic carbocycles. The summed E-state index contributed by atoms with van der Waals surface area (Å²) in [5, 5.41) is 0. The number of fused-ring (bicyclic) bond motifs is 1. The SMILES string of the molecule is Nc1ccc(F)c([C@@]23COC[C@@H]2CON3)c1. The van der Waals surface area contributed by atoms with E-state index in [2.05, 4.69) is 5.48 Å². The molecule has 3 rings (SSSR count). The Morgan fingerprint density at radius 3 is 3.19 bits per heavy atom. The Kier molecular flexibility index (Phi) is 2.14. The van der Waals surface area contributed by atoms with Crippen LogP contribution in [0.15, 0.2) is 18.2 Å². The monoisotopic (exact) mass is 224 g/mol. The summed E-state index contributed by atoms with van der Waals surface area (Å²) in [7, 11) is 0. The Labute approximate surface area is 92.5 Å². The number of ether oxygens (including phenoxy) is 1. The third kappa shape index (κ3) is 1.25. The number of hydrogen-bond acceptors (Lipinski definition) is 4. The van der Waals surface area contributed by atoms with Gasteiger partial charge in [-0.15, -0.1) is 0 Å². The fourth-order valence-corrected chi connectivity index (χ4v) is 2.43. The lowest BCUT2D eigenvalue weighted by molar-refractivity contribution is 0.0242. The summed E-state index contributed by atoms with van der Waals surface area (Å²) >= 11 is 0. The summed E-state index contributed by atoms with van der Waals surface area (Å²) in [5.74, 6) is -0.133. The van der Waals surface area contributed by atoms with Crippen LogP contribution in [0.5, 0.6) is 0 Å². The van der Waals surface area contributed by atoms with Gasteiger partial charge >= 0.3 is 0 Å². The molecule has 0 bridgehead atoms. The van der Waals surface area contributed by atoms with E-state index < -0.39 is 5.54 Å². The fourth-order valence-electron chi connectivity index (χ4n) is 2.43. The van der Waals surface area contributed by atoms with Gasteiger partial charge in [0.05, 0.1) is 19.8 Å². The summed E-state index contributed by atoms with van der Waals surface area (Å²) < 4.78 is 19.3. The van der Waals surface area contributed by atoms with Gasteiger partial charge in [0.1, 0.15) is 11.4 Å². The molecule has 5 heteroatoms. The first-order chi connectivity index (χ1) is 7.72. The molecule has 2 aliphatic heterocycles. The maximum absolute atomic E-state index is 13.8. The number of halogens is 1. The zero-order valence-corrected chi connectivity index (χ0v) is 8.70. The first-order valence-electron chi connectivity index (χ1n) is 5.24. The first-order valence-corrected chi connectivity index (χ1v) is 5.24. The van der Waals surface area contributed by atoms with Crippen LogP contribution in [0, 0.1) is 11.7 Å². The predicted molar refractivity (Wildman–Crippen MR) is 55.9 cm³/mol. The molecule has 0 amide bonds. The molecular weight excluding hydrogens is 211 g/mol. The number of anilines is 1. The van der Waals surface area contributed by atoms with Crippen molar-refractivity contribution in [2.24, 2.45) is 5.92 Å². The number of hydrogen-bond donors (Lipinski definition) is 2. The topological polar surface area (TPSA) is 56.5 Å². The average molecular weight is 224 g/mol. The summed E-state index contributed by atoms with van der Waals surface area (Å²) in [6, 6.07) is 4.59. The molecular formula is C11H13FN2O2. The van der Waals surface area contributed by atoms with Crippen LogP contribution in [0.2, 0.25) is 0 Å². The fraction of sp³-hybridized carbons (Fsp3) is 0.455. The standard InChI is InChI=1S/C11H13FN2O2/c12-10-2-1-8(13)3-9(10)11-6-15-4-7(11)5-16-14-11/h1-3,7,14H,4-6,13H2/t7-,11-/m1/s1. The van der Waals surface area contributed by atoms with E-state index in [9.17, 15) is 4.39 Å². The summed E-state index contributed by atoms with van der Waals surface area (Å²) in [6.45, 7) is 1.54. The molecule has 2 fully saturated rings. The van der Waals surface area contributed by atoms with Gasteiger partial charge in [-0.1, -0.05) is 0 Å². The van der Waals surface area contributed by atoms with Gasteiger partial charge < -0.3 is 15.3 Å². The van der Waals surface area contributed by atoms with Crippen molar-refractivity contribution in [3.8, 4) is 0 Å². The number of nitrogens with one attached hydrogen (secondary N) is 1. The molecule has 0 spiro atoms. The van der Waals surface area contributed by atoms with Crippen molar-refractivity contribution in [1.29, 1.82) is 0 Å². The van der Waals surface area contributed by atoms with Crippen molar-refractivity contribution in [2.75, 3.05) is 25.6 Å². The first kappa shape index (κ1) is 10.0. The lowest BCUT2D eigenvalue weighted by atomic mass is 9.82. The van der Waals surface area contributed by atoms with E-state index in [4.69, 9.17) is 15.3 Å². The molecule has 4 nitrogen and oxygen atoms in total. The van der Waals surface area contributed by atoms with Crippen LogP contribution in [-0.4, -0.2) is 19.8 Å².